The average Bonchev–Trinajstić information content (AvgIpc) is 2.98. The van der Waals surface area contributed by atoms with Gasteiger partial charge < -0.3 is 24.4 Å². The first-order chi connectivity index (χ1) is 20.1. The van der Waals surface area contributed by atoms with Gasteiger partial charge in [0.25, 0.3) is 15.9 Å². The number of carbonyl (C=O) groups is 2. The van der Waals surface area contributed by atoms with E-state index in [2.05, 4.69) is 10.0 Å². The van der Waals surface area contributed by atoms with E-state index in [0.29, 0.717) is 30.9 Å². The molecule has 0 unspecified atom stereocenters. The summed E-state index contributed by atoms with van der Waals surface area (Å²) >= 11 is 0. The number of methoxy groups -OCH3 is 1. The molecule has 0 saturated carbocycles. The fourth-order valence-electron chi connectivity index (χ4n) is 5.34. The van der Waals surface area contributed by atoms with Gasteiger partial charge in [-0.05, 0) is 56.2 Å². The van der Waals surface area contributed by atoms with Crippen molar-refractivity contribution in [3.63, 3.8) is 0 Å². The first-order valence-electron chi connectivity index (χ1n) is 13.8. The highest BCUT2D eigenvalue weighted by atomic mass is 32.2. The highest BCUT2D eigenvalue weighted by molar-refractivity contribution is 7.92. The molecule has 2 heterocycles. The van der Waals surface area contributed by atoms with Crippen molar-refractivity contribution in [2.75, 3.05) is 25.5 Å². The number of hydrogen-bond acceptors (Lipinski definition) is 7. The van der Waals surface area contributed by atoms with Crippen LogP contribution in [0.1, 0.15) is 40.7 Å². The van der Waals surface area contributed by atoms with E-state index in [9.17, 15) is 18.0 Å². The number of carbonyl (C=O) groups excluding carboxylic acids is 2. The van der Waals surface area contributed by atoms with Gasteiger partial charge in [-0.2, -0.15) is 0 Å². The van der Waals surface area contributed by atoms with E-state index in [1.165, 1.54) is 18.2 Å². The van der Waals surface area contributed by atoms with Crippen LogP contribution in [0.25, 0.3) is 0 Å². The Bertz CT molecular complexity index is 1560. The van der Waals surface area contributed by atoms with E-state index in [0.717, 1.165) is 11.1 Å². The monoisotopic (exact) mass is 593 g/mol. The van der Waals surface area contributed by atoms with Crippen LogP contribution in [0.5, 0.6) is 11.5 Å². The second-order valence-electron chi connectivity index (χ2n) is 10.6. The number of nitrogens with one attached hydrogen (secondary N) is 2. The summed E-state index contributed by atoms with van der Waals surface area (Å²) in [4.78, 5) is 28.0. The molecule has 3 aromatic carbocycles. The van der Waals surface area contributed by atoms with Crippen LogP contribution in [0.4, 0.5) is 5.69 Å². The van der Waals surface area contributed by atoms with Crippen molar-refractivity contribution in [1.29, 1.82) is 0 Å². The number of para-hydroxylation sites is 1. The normalized spacial score (nSPS) is 20.3. The van der Waals surface area contributed by atoms with Gasteiger partial charge in [-0.25, -0.2) is 8.42 Å². The van der Waals surface area contributed by atoms with Gasteiger partial charge >= 0.3 is 0 Å². The number of benzene rings is 3. The number of anilines is 1. The minimum absolute atomic E-state index is 0.129. The molecular formula is C31H35N3O7S. The van der Waals surface area contributed by atoms with Gasteiger partial charge in [0.05, 0.1) is 36.1 Å². The number of amides is 2. The van der Waals surface area contributed by atoms with Crippen molar-refractivity contribution in [3.8, 4) is 11.5 Å². The number of fused-ring (bicyclic) bond motifs is 2. The van der Waals surface area contributed by atoms with E-state index in [4.69, 9.17) is 14.2 Å². The number of rotatable bonds is 8. The zero-order valence-corrected chi connectivity index (χ0v) is 24.6. The fourth-order valence-corrected chi connectivity index (χ4v) is 6.39. The van der Waals surface area contributed by atoms with Gasteiger partial charge in [-0.1, -0.05) is 35.9 Å². The minimum atomic E-state index is -3.84. The van der Waals surface area contributed by atoms with Crippen LogP contribution in [0.2, 0.25) is 0 Å². The summed E-state index contributed by atoms with van der Waals surface area (Å²) in [5.41, 5.74) is 2.36. The molecule has 0 bridgehead atoms. The highest BCUT2D eigenvalue weighted by Crippen LogP contribution is 2.33. The third-order valence-electron chi connectivity index (χ3n) is 7.68. The summed E-state index contributed by atoms with van der Waals surface area (Å²) in [6, 6.07) is 18.4. The largest absolute Gasteiger partial charge is 0.496 e. The second kappa shape index (κ2) is 12.4. The summed E-state index contributed by atoms with van der Waals surface area (Å²) in [7, 11) is -0.533. The number of aryl methyl sites for hydroxylation is 1. The van der Waals surface area contributed by atoms with E-state index >= 15 is 0 Å². The van der Waals surface area contributed by atoms with Crippen molar-refractivity contribution >= 4 is 27.5 Å². The van der Waals surface area contributed by atoms with Gasteiger partial charge in [-0.3, -0.25) is 14.3 Å². The Morgan fingerprint density at radius 2 is 1.83 bits per heavy atom. The number of likely N-dealkylation sites (N-methyl/N-ethyl adjacent to an activating group) is 1. The Morgan fingerprint density at radius 1 is 1.07 bits per heavy atom. The SMILES string of the molecule is COc1ccccc1CNC(=O)C[C@H]1CC[C@@H]2[C@H](COc3ccc(NS(=O)(=O)c4ccc(C)cc4)cc3C(=O)N2C)O1. The summed E-state index contributed by atoms with van der Waals surface area (Å²) in [6.45, 7) is 2.41. The first-order valence-corrected chi connectivity index (χ1v) is 15.3. The molecule has 2 amide bonds. The fraction of sp³-hybridized carbons (Fsp3) is 0.355. The van der Waals surface area contributed by atoms with Crippen molar-refractivity contribution in [1.82, 2.24) is 10.2 Å². The quantitative estimate of drug-likeness (QED) is 0.406. The second-order valence-corrected chi connectivity index (χ2v) is 12.3. The number of sulfonamides is 1. The Hall–Kier alpha value is -4.09. The van der Waals surface area contributed by atoms with Gasteiger partial charge in [0, 0.05) is 24.8 Å². The smallest absolute Gasteiger partial charge is 0.261 e. The van der Waals surface area contributed by atoms with Crippen LogP contribution in [0.3, 0.4) is 0 Å². The lowest BCUT2D eigenvalue weighted by molar-refractivity contribution is -0.134. The molecule has 0 radical (unpaired) electrons. The molecule has 11 heteroatoms. The molecule has 10 nitrogen and oxygen atoms in total. The van der Waals surface area contributed by atoms with E-state index < -0.39 is 16.1 Å². The number of ether oxygens (including phenoxy) is 3. The van der Waals surface area contributed by atoms with Crippen molar-refractivity contribution < 1.29 is 32.2 Å². The molecule has 222 valence electrons. The zero-order valence-electron chi connectivity index (χ0n) is 23.8. The van der Waals surface area contributed by atoms with Gasteiger partial charge in [0.2, 0.25) is 5.91 Å². The van der Waals surface area contributed by atoms with Crippen molar-refractivity contribution in [2.45, 2.75) is 55.9 Å². The molecule has 1 fully saturated rings. The van der Waals surface area contributed by atoms with E-state index in [1.54, 1.807) is 43.3 Å². The molecule has 3 atom stereocenters. The maximum absolute atomic E-state index is 13.5. The lowest BCUT2D eigenvalue weighted by Gasteiger charge is -2.42. The zero-order chi connectivity index (χ0) is 29.9. The van der Waals surface area contributed by atoms with Gasteiger partial charge in [-0.15, -0.1) is 0 Å². The molecule has 3 aromatic rings. The number of hydrogen-bond donors (Lipinski definition) is 2. The third kappa shape index (κ3) is 6.52. The van der Waals surface area contributed by atoms with Crippen LogP contribution in [-0.4, -0.2) is 64.1 Å². The van der Waals surface area contributed by atoms with Crippen LogP contribution in [-0.2, 0) is 26.1 Å². The summed E-state index contributed by atoms with van der Waals surface area (Å²) in [5.74, 6) is 0.619. The van der Waals surface area contributed by atoms with Crippen LogP contribution >= 0.6 is 0 Å². The molecule has 5 rings (SSSR count). The summed E-state index contributed by atoms with van der Waals surface area (Å²) in [6.07, 6.45) is 0.692. The average molecular weight is 594 g/mol. The Labute approximate surface area is 246 Å². The highest BCUT2D eigenvalue weighted by Gasteiger charge is 2.39. The molecule has 0 aliphatic carbocycles. The molecule has 1 saturated heterocycles. The van der Waals surface area contributed by atoms with Crippen LogP contribution in [0.15, 0.2) is 71.6 Å². The lowest BCUT2D eigenvalue weighted by Crippen LogP contribution is -2.53. The molecule has 42 heavy (non-hydrogen) atoms. The molecule has 0 spiro atoms. The first kappa shape index (κ1) is 29.4. The Kier molecular flexibility index (Phi) is 8.69. The minimum Gasteiger partial charge on any atom is -0.496 e. The third-order valence-corrected chi connectivity index (χ3v) is 9.07. The molecule has 2 N–H and O–H groups in total. The standard InChI is InChI=1S/C31H35N3O7S/c1-20-8-12-24(13-9-20)42(37,38)33-22-10-15-28-25(16-22)31(36)34(2)26-14-11-23(41-29(26)19-40-28)17-30(35)32-18-21-6-4-5-7-27(21)39-3/h4-10,12-13,15-16,23,26,29,33H,11,14,17-19H2,1-3H3,(H,32,35)/t23-,26-,29+/m1/s1. The molecule has 2 aliphatic heterocycles. The predicted molar refractivity (Wildman–Crippen MR) is 157 cm³/mol. The maximum atomic E-state index is 13.5. The topological polar surface area (TPSA) is 123 Å². The van der Waals surface area contributed by atoms with Crippen molar-refractivity contribution in [2.24, 2.45) is 0 Å². The predicted octanol–water partition coefficient (Wildman–Crippen LogP) is 3.89. The van der Waals surface area contributed by atoms with E-state index in [1.807, 2.05) is 31.2 Å². The number of nitrogens with zero attached hydrogens (tertiary/aromatic N) is 1. The van der Waals surface area contributed by atoms with E-state index in [-0.39, 0.29) is 53.1 Å². The summed E-state index contributed by atoms with van der Waals surface area (Å²) < 4.78 is 46.0. The Balaban J connectivity index is 1.23. The van der Waals surface area contributed by atoms with Gasteiger partial charge in [0.15, 0.2) is 0 Å². The molecule has 0 aromatic heterocycles. The van der Waals surface area contributed by atoms with Crippen molar-refractivity contribution in [3.05, 3.63) is 83.4 Å². The van der Waals surface area contributed by atoms with Crippen LogP contribution < -0.4 is 19.5 Å². The van der Waals surface area contributed by atoms with Crippen LogP contribution in [0, 0.1) is 6.92 Å². The lowest BCUT2D eigenvalue weighted by atomic mass is 9.94. The molecular weight excluding hydrogens is 558 g/mol. The maximum Gasteiger partial charge on any atom is 0.261 e. The Morgan fingerprint density at radius 3 is 2.60 bits per heavy atom. The molecule has 2 aliphatic rings. The van der Waals surface area contributed by atoms with Gasteiger partial charge in [0.1, 0.15) is 24.2 Å². The summed E-state index contributed by atoms with van der Waals surface area (Å²) in [5, 5.41) is 2.93.